The summed E-state index contributed by atoms with van der Waals surface area (Å²) in [5.41, 5.74) is 0. The van der Waals surface area contributed by atoms with Crippen molar-refractivity contribution in [2.45, 2.75) is 27.2 Å². The Balaban J connectivity index is 4.06. The third-order valence-corrected chi connectivity index (χ3v) is 2.83. The smallest absolute Gasteiger partial charge is 0.396 e. The number of ether oxygens (including phenoxy) is 1. The molecule has 0 fully saturated rings. The van der Waals surface area contributed by atoms with Gasteiger partial charge in [0.25, 0.3) is 0 Å². The van der Waals surface area contributed by atoms with E-state index >= 15 is 0 Å². The van der Waals surface area contributed by atoms with Gasteiger partial charge in [-0.05, 0) is 33.0 Å². The highest BCUT2D eigenvalue weighted by Crippen LogP contribution is 1.97. The number of carbonyl (C=O) groups excluding carboxylic acids is 2. The Morgan fingerprint density at radius 3 is 2.00 bits per heavy atom. The van der Waals surface area contributed by atoms with E-state index in [9.17, 15) is 9.59 Å². The van der Waals surface area contributed by atoms with Crippen molar-refractivity contribution in [3.8, 4) is 0 Å². The fourth-order valence-electron chi connectivity index (χ4n) is 1.64. The van der Waals surface area contributed by atoms with E-state index in [1.54, 1.807) is 0 Å². The van der Waals surface area contributed by atoms with E-state index in [0.717, 1.165) is 26.1 Å². The van der Waals surface area contributed by atoms with Crippen LogP contribution >= 0.6 is 0 Å². The predicted octanol–water partition coefficient (Wildman–Crippen LogP) is 0.740. The van der Waals surface area contributed by atoms with E-state index in [-0.39, 0.29) is 0 Å². The second-order valence-electron chi connectivity index (χ2n) is 3.76. The highest BCUT2D eigenvalue weighted by atomic mass is 16.5. The Hall–Kier alpha value is -1.10. The number of methoxy groups -OCH3 is 1. The number of hydrogen-bond donors (Lipinski definition) is 0. The number of nitrogens with zero attached hydrogens (tertiary/aromatic N) is 2. The van der Waals surface area contributed by atoms with Gasteiger partial charge in [-0.15, -0.1) is 0 Å². The van der Waals surface area contributed by atoms with E-state index in [4.69, 9.17) is 0 Å². The number of likely N-dealkylation sites (N-methyl/N-ethyl adjacent to an activating group) is 1. The Bertz CT molecular complexity index is 240. The van der Waals surface area contributed by atoms with Crippen molar-refractivity contribution in [3.05, 3.63) is 0 Å². The van der Waals surface area contributed by atoms with Gasteiger partial charge in [-0.25, -0.2) is 4.79 Å². The normalized spacial score (nSPS) is 10.4. The largest absolute Gasteiger partial charge is 0.462 e. The summed E-state index contributed by atoms with van der Waals surface area (Å²) in [5, 5.41) is 0. The van der Waals surface area contributed by atoms with E-state index in [2.05, 4.69) is 23.5 Å². The maximum atomic E-state index is 11.6. The minimum absolute atomic E-state index is 0.534. The first-order valence-electron chi connectivity index (χ1n) is 6.20. The highest BCUT2D eigenvalue weighted by Gasteiger charge is 2.20. The van der Waals surface area contributed by atoms with Crippen LogP contribution in [-0.4, -0.2) is 61.5 Å². The molecule has 0 radical (unpaired) electrons. The SMILES string of the molecule is CCN(CC)CCCN(CC)C(=O)C(=O)OC. The van der Waals surface area contributed by atoms with Gasteiger partial charge < -0.3 is 14.5 Å². The summed E-state index contributed by atoms with van der Waals surface area (Å²) in [6, 6.07) is 0. The van der Waals surface area contributed by atoms with Crippen LogP contribution in [0.3, 0.4) is 0 Å². The van der Waals surface area contributed by atoms with Crippen LogP contribution in [0.2, 0.25) is 0 Å². The average Bonchev–Trinajstić information content (AvgIpc) is 2.37. The number of hydrogen-bond acceptors (Lipinski definition) is 4. The van der Waals surface area contributed by atoms with Crippen molar-refractivity contribution in [1.82, 2.24) is 9.80 Å². The first-order chi connectivity index (χ1) is 8.10. The van der Waals surface area contributed by atoms with Gasteiger partial charge >= 0.3 is 11.9 Å². The summed E-state index contributed by atoms with van der Waals surface area (Å²) in [5.74, 6) is -1.33. The van der Waals surface area contributed by atoms with Gasteiger partial charge in [0.15, 0.2) is 0 Å². The van der Waals surface area contributed by atoms with Gasteiger partial charge in [-0.2, -0.15) is 0 Å². The Kier molecular flexibility index (Phi) is 8.40. The molecule has 5 nitrogen and oxygen atoms in total. The van der Waals surface area contributed by atoms with Crippen LogP contribution in [0.25, 0.3) is 0 Å². The molecule has 0 rings (SSSR count). The van der Waals surface area contributed by atoms with Crippen molar-refractivity contribution in [1.29, 1.82) is 0 Å². The minimum Gasteiger partial charge on any atom is -0.462 e. The molecular formula is C12H24N2O3. The lowest BCUT2D eigenvalue weighted by molar-refractivity contribution is -0.158. The summed E-state index contributed by atoms with van der Waals surface area (Å²) in [4.78, 5) is 26.5. The molecule has 0 aromatic heterocycles. The van der Waals surface area contributed by atoms with Gasteiger partial charge in [0.1, 0.15) is 0 Å². The topological polar surface area (TPSA) is 49.9 Å². The summed E-state index contributed by atoms with van der Waals surface area (Å²) < 4.78 is 4.42. The zero-order valence-corrected chi connectivity index (χ0v) is 11.4. The lowest BCUT2D eigenvalue weighted by atomic mass is 10.3. The maximum absolute atomic E-state index is 11.6. The van der Waals surface area contributed by atoms with E-state index in [0.29, 0.717) is 13.1 Å². The van der Waals surface area contributed by atoms with Gasteiger partial charge in [0.2, 0.25) is 0 Å². The molecule has 0 aromatic carbocycles. The summed E-state index contributed by atoms with van der Waals surface area (Å²) in [7, 11) is 1.23. The lowest BCUT2D eigenvalue weighted by Gasteiger charge is -2.22. The van der Waals surface area contributed by atoms with Crippen LogP contribution in [0.1, 0.15) is 27.2 Å². The first kappa shape index (κ1) is 15.9. The third kappa shape index (κ3) is 5.68. The zero-order chi connectivity index (χ0) is 13.3. The standard InChI is InChI=1S/C12H24N2O3/c1-5-13(6-2)9-8-10-14(7-3)11(15)12(16)17-4/h5-10H2,1-4H3. The van der Waals surface area contributed by atoms with Crippen molar-refractivity contribution in [3.63, 3.8) is 0 Å². The molecule has 0 spiro atoms. The molecule has 0 aliphatic carbocycles. The second-order valence-corrected chi connectivity index (χ2v) is 3.76. The quantitative estimate of drug-likeness (QED) is 0.489. The molecule has 0 aliphatic heterocycles. The molecule has 1 amide bonds. The number of rotatable bonds is 7. The molecule has 0 unspecified atom stereocenters. The minimum atomic E-state index is -0.783. The maximum Gasteiger partial charge on any atom is 0.396 e. The first-order valence-corrected chi connectivity index (χ1v) is 6.20. The zero-order valence-electron chi connectivity index (χ0n) is 11.4. The summed E-state index contributed by atoms with van der Waals surface area (Å²) >= 11 is 0. The van der Waals surface area contributed by atoms with Gasteiger partial charge in [0.05, 0.1) is 7.11 Å². The fraction of sp³-hybridized carbons (Fsp3) is 0.833. The molecule has 17 heavy (non-hydrogen) atoms. The van der Waals surface area contributed by atoms with Crippen LogP contribution < -0.4 is 0 Å². The monoisotopic (exact) mass is 244 g/mol. The summed E-state index contributed by atoms with van der Waals surface area (Å²) in [6.45, 7) is 10.2. The van der Waals surface area contributed by atoms with Crippen LogP contribution in [0.4, 0.5) is 0 Å². The highest BCUT2D eigenvalue weighted by molar-refractivity contribution is 6.32. The van der Waals surface area contributed by atoms with Crippen molar-refractivity contribution in [2.24, 2.45) is 0 Å². The van der Waals surface area contributed by atoms with Crippen LogP contribution in [-0.2, 0) is 14.3 Å². The van der Waals surface area contributed by atoms with Crippen LogP contribution in [0, 0.1) is 0 Å². The predicted molar refractivity (Wildman–Crippen MR) is 66.7 cm³/mol. The Morgan fingerprint density at radius 1 is 1.00 bits per heavy atom. The Labute approximate surface area is 104 Å². The molecule has 0 saturated heterocycles. The molecule has 5 heteroatoms. The number of amides is 1. The van der Waals surface area contributed by atoms with Gasteiger partial charge in [-0.1, -0.05) is 13.8 Å². The molecule has 0 bridgehead atoms. The van der Waals surface area contributed by atoms with Crippen molar-refractivity contribution >= 4 is 11.9 Å². The molecule has 0 aromatic rings. The van der Waals surface area contributed by atoms with Crippen LogP contribution in [0.5, 0.6) is 0 Å². The van der Waals surface area contributed by atoms with Crippen molar-refractivity contribution in [2.75, 3.05) is 39.8 Å². The molecule has 0 saturated carbocycles. The van der Waals surface area contributed by atoms with Crippen molar-refractivity contribution < 1.29 is 14.3 Å². The summed E-state index contributed by atoms with van der Waals surface area (Å²) in [6.07, 6.45) is 0.873. The van der Waals surface area contributed by atoms with E-state index in [1.165, 1.54) is 12.0 Å². The third-order valence-electron chi connectivity index (χ3n) is 2.83. The average molecular weight is 244 g/mol. The van der Waals surface area contributed by atoms with E-state index < -0.39 is 11.9 Å². The fourth-order valence-corrected chi connectivity index (χ4v) is 1.64. The number of esters is 1. The molecule has 0 heterocycles. The molecule has 0 atom stereocenters. The molecule has 100 valence electrons. The van der Waals surface area contributed by atoms with Gasteiger partial charge in [-0.3, -0.25) is 4.79 Å². The molecule has 0 N–H and O–H groups in total. The number of carbonyl (C=O) groups is 2. The van der Waals surface area contributed by atoms with E-state index in [1.807, 2.05) is 6.92 Å². The second kappa shape index (κ2) is 8.98. The molecule has 0 aliphatic rings. The Morgan fingerprint density at radius 2 is 1.59 bits per heavy atom. The molecular weight excluding hydrogens is 220 g/mol. The lowest BCUT2D eigenvalue weighted by Crippen LogP contribution is -2.39. The van der Waals surface area contributed by atoms with Gasteiger partial charge in [0, 0.05) is 13.1 Å². The van der Waals surface area contributed by atoms with Crippen LogP contribution in [0.15, 0.2) is 0 Å².